The van der Waals surface area contributed by atoms with Gasteiger partial charge < -0.3 is 0 Å². The van der Waals surface area contributed by atoms with Gasteiger partial charge in [0, 0.05) is 0 Å². The molecule has 0 aliphatic heterocycles. The van der Waals surface area contributed by atoms with Crippen LogP contribution in [-0.2, 0) is 14.9 Å². The van der Waals surface area contributed by atoms with Gasteiger partial charge in [-0.1, -0.05) is 0 Å². The number of hydrogen-bond donors (Lipinski definition) is 1. The second-order valence-electron chi connectivity index (χ2n) is 8.76. The van der Waals surface area contributed by atoms with Crippen LogP contribution in [0.3, 0.4) is 0 Å². The zero-order chi connectivity index (χ0) is 27.4. The Morgan fingerprint density at radius 1 is 0.538 bits per heavy atom. The van der Waals surface area contributed by atoms with Gasteiger partial charge in [0.1, 0.15) is 0 Å². The molecule has 0 bridgehead atoms. The van der Waals surface area contributed by atoms with Crippen LogP contribution in [0.5, 0.6) is 5.75 Å². The number of para-hydroxylation sites is 1. The molecule has 5 aromatic rings. The molecule has 5 rings (SSSR count). The number of hydrogen-bond acceptors (Lipinski definition) is 5. The molecule has 8 heteroatoms. The van der Waals surface area contributed by atoms with E-state index in [9.17, 15) is 17.8 Å². The number of carbonyl (C=O) groups excluding carboxylic acids is 1. The first-order valence-corrected chi connectivity index (χ1v) is 15.6. The molecule has 0 radical (unpaired) electrons. The Labute approximate surface area is 227 Å². The fourth-order valence-corrected chi connectivity index (χ4v) is 11.0. The van der Waals surface area contributed by atoms with Crippen LogP contribution < -0.4 is 25.4 Å². The second kappa shape index (κ2) is 10.5. The maximum atomic E-state index is 14.3. The van der Waals surface area contributed by atoms with E-state index < -0.39 is 23.2 Å². The summed E-state index contributed by atoms with van der Waals surface area (Å²) in [5.41, 5.74) is -0.150. The van der Waals surface area contributed by atoms with Gasteiger partial charge in [-0.25, -0.2) is 0 Å². The summed E-state index contributed by atoms with van der Waals surface area (Å²) in [7, 11) is -4.90. The fraction of sp³-hybridized carbons (Fsp3) is 0. The molecule has 0 aliphatic rings. The third-order valence-electron chi connectivity index (χ3n) is 6.56. The monoisotopic (exact) mass is 556 g/mol. The van der Waals surface area contributed by atoms with Crippen LogP contribution in [0.15, 0.2) is 146 Å². The minimum atomic E-state index is -4.90. The first-order chi connectivity index (χ1) is 18.8. The summed E-state index contributed by atoms with van der Waals surface area (Å²) in [4.78, 5) is 14.3. The molecule has 0 aliphatic carbocycles. The van der Waals surface area contributed by atoms with Gasteiger partial charge in [0.15, 0.2) is 0 Å². The van der Waals surface area contributed by atoms with Gasteiger partial charge in [-0.3, -0.25) is 0 Å². The van der Waals surface area contributed by atoms with Crippen molar-refractivity contribution < 1.29 is 26.5 Å². The van der Waals surface area contributed by atoms with Gasteiger partial charge in [0.25, 0.3) is 0 Å². The molecule has 0 spiro atoms. The summed E-state index contributed by atoms with van der Waals surface area (Å²) in [6.45, 7) is -4.33. The molecule has 0 fully saturated rings. The van der Waals surface area contributed by atoms with E-state index in [0.29, 0.717) is 0 Å². The average molecular weight is 557 g/mol. The Balaban J connectivity index is 1.92. The van der Waals surface area contributed by atoms with Gasteiger partial charge in [-0.2, -0.15) is 0 Å². The quantitative estimate of drug-likeness (QED) is 0.218. The first-order valence-electron chi connectivity index (χ1n) is 12.1. The van der Waals surface area contributed by atoms with E-state index in [1.54, 1.807) is 6.07 Å². The van der Waals surface area contributed by atoms with Crippen molar-refractivity contribution in [1.29, 1.82) is 0 Å². The van der Waals surface area contributed by atoms with Gasteiger partial charge in [-0.05, 0) is 0 Å². The van der Waals surface area contributed by atoms with Crippen LogP contribution >= 0.6 is 6.83 Å². The Bertz CT molecular complexity index is 1520. The molecule has 0 heterocycles. The zero-order valence-corrected chi connectivity index (χ0v) is 22.4. The fourth-order valence-electron chi connectivity index (χ4n) is 4.99. The predicted molar refractivity (Wildman–Crippen MR) is 155 cm³/mol. The standard InChI is InChI=1S/C31H25O6PS/c32-31(29-23-13-14-24-30(29)37-39(33,34)35)36-38(25-15-5-1-6-16-25,26-17-7-2-8-18-26,27-19-9-3-10-20-27)28-21-11-4-12-22-28/h1-24H,(H,33,34,35). The molecule has 0 unspecified atom stereocenters. The minimum absolute atomic E-state index is 0.150. The predicted octanol–water partition coefficient (Wildman–Crippen LogP) is 4.80. The van der Waals surface area contributed by atoms with Crippen molar-refractivity contribution in [3.05, 3.63) is 151 Å². The Morgan fingerprint density at radius 2 is 0.872 bits per heavy atom. The van der Waals surface area contributed by atoms with Crippen LogP contribution in [0.1, 0.15) is 10.4 Å². The van der Waals surface area contributed by atoms with E-state index >= 15 is 0 Å². The molecule has 39 heavy (non-hydrogen) atoms. The van der Waals surface area contributed by atoms with Crippen molar-refractivity contribution in [3.63, 3.8) is 0 Å². The molecule has 0 saturated heterocycles. The average Bonchev–Trinajstić information content (AvgIpc) is 2.97. The SMILES string of the molecule is O=C(OP(c1ccccc1)(c1ccccc1)(c1ccccc1)c1ccccc1)c1ccccc1OS(=O)(=O)O. The number of benzene rings is 5. The second-order valence-corrected chi connectivity index (χ2v) is 14.1. The van der Waals surface area contributed by atoms with Gasteiger partial charge in [0.05, 0.1) is 0 Å². The summed E-state index contributed by atoms with van der Waals surface area (Å²) in [5, 5.41) is 3.09. The van der Waals surface area contributed by atoms with Crippen LogP contribution in [0.2, 0.25) is 0 Å². The summed E-state index contributed by atoms with van der Waals surface area (Å²) in [5.74, 6) is -1.16. The molecule has 5 aromatic carbocycles. The van der Waals surface area contributed by atoms with E-state index in [4.69, 9.17) is 8.71 Å². The Kier molecular flexibility index (Phi) is 7.06. The van der Waals surface area contributed by atoms with Crippen molar-refractivity contribution in [2.45, 2.75) is 0 Å². The van der Waals surface area contributed by atoms with Crippen molar-refractivity contribution in [1.82, 2.24) is 0 Å². The van der Waals surface area contributed by atoms with E-state index in [2.05, 4.69) is 0 Å². The molecular weight excluding hydrogens is 531 g/mol. The van der Waals surface area contributed by atoms with E-state index in [0.717, 1.165) is 21.2 Å². The summed E-state index contributed by atoms with van der Waals surface area (Å²) in [6, 6.07) is 44.1. The molecule has 0 saturated carbocycles. The maximum absolute atomic E-state index is 14.3. The van der Waals surface area contributed by atoms with E-state index in [-0.39, 0.29) is 11.3 Å². The van der Waals surface area contributed by atoms with Gasteiger partial charge >= 0.3 is 228 Å². The van der Waals surface area contributed by atoms with Crippen LogP contribution in [-0.4, -0.2) is 18.9 Å². The molecule has 0 amide bonds. The normalized spacial score (nSPS) is 12.6. The zero-order valence-electron chi connectivity index (χ0n) is 20.7. The van der Waals surface area contributed by atoms with Crippen molar-refractivity contribution in [3.8, 4) is 5.75 Å². The van der Waals surface area contributed by atoms with Gasteiger partial charge in [-0.15, -0.1) is 0 Å². The summed E-state index contributed by atoms with van der Waals surface area (Å²) < 4.78 is 44.3. The molecule has 196 valence electrons. The van der Waals surface area contributed by atoms with Crippen molar-refractivity contribution in [2.75, 3.05) is 0 Å². The third kappa shape index (κ3) is 4.61. The topological polar surface area (TPSA) is 89.9 Å². The summed E-state index contributed by atoms with van der Waals surface area (Å²) >= 11 is 0. The van der Waals surface area contributed by atoms with Crippen LogP contribution in [0, 0.1) is 0 Å². The third-order valence-corrected chi connectivity index (χ3v) is 12.6. The van der Waals surface area contributed by atoms with Crippen molar-refractivity contribution >= 4 is 44.4 Å². The van der Waals surface area contributed by atoms with E-state index in [1.165, 1.54) is 18.2 Å². The molecule has 6 nitrogen and oxygen atoms in total. The Hall–Kier alpha value is -4.29. The number of rotatable bonds is 8. The van der Waals surface area contributed by atoms with Crippen LogP contribution in [0.4, 0.5) is 0 Å². The van der Waals surface area contributed by atoms with Gasteiger partial charge in [0.2, 0.25) is 0 Å². The molecule has 0 aromatic heterocycles. The first kappa shape index (κ1) is 26.3. The Morgan fingerprint density at radius 3 is 1.23 bits per heavy atom. The molecule has 0 atom stereocenters. The number of carbonyl (C=O) groups is 1. The van der Waals surface area contributed by atoms with Crippen LogP contribution in [0.25, 0.3) is 0 Å². The summed E-state index contributed by atoms with van der Waals surface area (Å²) in [6.07, 6.45) is 0. The van der Waals surface area contributed by atoms with Crippen molar-refractivity contribution in [2.24, 2.45) is 0 Å². The molecular formula is C31H25O6PS. The van der Waals surface area contributed by atoms with E-state index in [1.807, 2.05) is 121 Å². The molecule has 1 N–H and O–H groups in total.